The Balaban J connectivity index is 1.60. The van der Waals surface area contributed by atoms with E-state index in [0.717, 1.165) is 25.1 Å². The van der Waals surface area contributed by atoms with Gasteiger partial charge in [-0.1, -0.05) is 29.4 Å². The van der Waals surface area contributed by atoms with E-state index in [2.05, 4.69) is 34.7 Å². The van der Waals surface area contributed by atoms with Gasteiger partial charge in [0.15, 0.2) is 0 Å². The number of hydrogen-bond acceptors (Lipinski definition) is 3. The van der Waals surface area contributed by atoms with Crippen molar-refractivity contribution in [3.63, 3.8) is 0 Å². The lowest BCUT2D eigenvalue weighted by molar-refractivity contribution is 0.363. The molecule has 1 aromatic carbocycles. The summed E-state index contributed by atoms with van der Waals surface area (Å²) in [5.74, 6) is 0.899. The van der Waals surface area contributed by atoms with Crippen LogP contribution in [0.3, 0.4) is 0 Å². The van der Waals surface area contributed by atoms with E-state index in [1.807, 2.05) is 6.07 Å². The molecule has 0 saturated heterocycles. The monoisotopic (exact) mass is 214 g/mol. The number of aromatic nitrogens is 1. The highest BCUT2D eigenvalue weighted by Gasteiger charge is 2.20. The summed E-state index contributed by atoms with van der Waals surface area (Å²) in [5.41, 5.74) is 2.94. The van der Waals surface area contributed by atoms with Gasteiger partial charge in [0, 0.05) is 12.1 Å². The fourth-order valence-corrected chi connectivity index (χ4v) is 2.28. The van der Waals surface area contributed by atoms with Gasteiger partial charge < -0.3 is 9.84 Å². The van der Waals surface area contributed by atoms with Crippen molar-refractivity contribution in [2.75, 3.05) is 0 Å². The van der Waals surface area contributed by atoms with E-state index in [-0.39, 0.29) is 0 Å². The zero-order valence-corrected chi connectivity index (χ0v) is 9.02. The third-order valence-electron chi connectivity index (χ3n) is 3.11. The zero-order valence-electron chi connectivity index (χ0n) is 9.02. The first-order valence-electron chi connectivity index (χ1n) is 5.61. The van der Waals surface area contributed by atoms with E-state index < -0.39 is 0 Å². The molecule has 3 nitrogen and oxygen atoms in total. The summed E-state index contributed by atoms with van der Waals surface area (Å²) < 4.78 is 5.06. The molecular formula is C13H14N2O. The maximum Gasteiger partial charge on any atom is 0.150 e. The molecule has 0 bridgehead atoms. The van der Waals surface area contributed by atoms with Gasteiger partial charge in [0.05, 0.1) is 12.7 Å². The molecule has 0 saturated carbocycles. The Bertz CT molecular complexity index is 440. The van der Waals surface area contributed by atoms with Crippen molar-refractivity contribution in [2.45, 2.75) is 25.4 Å². The molecule has 0 fully saturated rings. The Labute approximate surface area is 94.5 Å². The fraction of sp³-hybridized carbons (Fsp3) is 0.308. The van der Waals surface area contributed by atoms with Crippen LogP contribution in [-0.2, 0) is 19.4 Å². The molecule has 0 unspecified atom stereocenters. The summed E-state index contributed by atoms with van der Waals surface area (Å²) in [6, 6.07) is 11.1. The van der Waals surface area contributed by atoms with Crippen LogP contribution in [0.5, 0.6) is 0 Å². The number of rotatable bonds is 3. The Morgan fingerprint density at radius 2 is 1.94 bits per heavy atom. The quantitative estimate of drug-likeness (QED) is 0.848. The Morgan fingerprint density at radius 1 is 1.19 bits per heavy atom. The molecule has 82 valence electrons. The molecule has 3 rings (SSSR count). The van der Waals surface area contributed by atoms with Crippen LogP contribution in [0.1, 0.15) is 16.9 Å². The number of fused-ring (bicyclic) bond motifs is 1. The van der Waals surface area contributed by atoms with Gasteiger partial charge in [-0.2, -0.15) is 0 Å². The summed E-state index contributed by atoms with van der Waals surface area (Å²) in [6.45, 7) is 0.763. The lowest BCUT2D eigenvalue weighted by Crippen LogP contribution is -2.28. The Morgan fingerprint density at radius 3 is 2.56 bits per heavy atom. The number of nitrogens with one attached hydrogen (secondary N) is 1. The standard InChI is InChI=1S/C13H14N2O/c1-2-4-11-8-12(7-10(11)3-1)14-9-13-5-6-15-16-13/h1-6,12,14H,7-9H2. The summed E-state index contributed by atoms with van der Waals surface area (Å²) in [7, 11) is 0. The normalized spacial score (nSPS) is 15.2. The van der Waals surface area contributed by atoms with Crippen molar-refractivity contribution in [2.24, 2.45) is 0 Å². The second-order valence-electron chi connectivity index (χ2n) is 4.23. The molecular weight excluding hydrogens is 200 g/mol. The smallest absolute Gasteiger partial charge is 0.150 e. The van der Waals surface area contributed by atoms with Gasteiger partial charge in [0.1, 0.15) is 5.76 Å². The van der Waals surface area contributed by atoms with Crippen molar-refractivity contribution in [1.82, 2.24) is 10.5 Å². The topological polar surface area (TPSA) is 38.1 Å². The third kappa shape index (κ3) is 1.86. The molecule has 0 aliphatic heterocycles. The summed E-state index contributed by atoms with van der Waals surface area (Å²) in [4.78, 5) is 0. The Hall–Kier alpha value is -1.61. The second kappa shape index (κ2) is 4.10. The highest BCUT2D eigenvalue weighted by Crippen LogP contribution is 2.21. The van der Waals surface area contributed by atoms with Crippen LogP contribution in [0.2, 0.25) is 0 Å². The van der Waals surface area contributed by atoms with E-state index in [9.17, 15) is 0 Å². The zero-order chi connectivity index (χ0) is 10.8. The predicted octanol–water partition coefficient (Wildman–Crippen LogP) is 1.93. The molecule has 1 aromatic heterocycles. The molecule has 0 radical (unpaired) electrons. The van der Waals surface area contributed by atoms with Crippen LogP contribution < -0.4 is 5.32 Å². The average molecular weight is 214 g/mol. The average Bonchev–Trinajstić information content (AvgIpc) is 2.95. The first kappa shape index (κ1) is 9.60. The van der Waals surface area contributed by atoms with Crippen LogP contribution >= 0.6 is 0 Å². The van der Waals surface area contributed by atoms with Gasteiger partial charge in [-0.05, 0) is 24.0 Å². The molecule has 1 heterocycles. The number of benzene rings is 1. The predicted molar refractivity (Wildman–Crippen MR) is 61.0 cm³/mol. The highest BCUT2D eigenvalue weighted by molar-refractivity contribution is 5.33. The highest BCUT2D eigenvalue weighted by atomic mass is 16.5. The number of nitrogens with zero attached hydrogens (tertiary/aromatic N) is 1. The van der Waals surface area contributed by atoms with Crippen LogP contribution in [0, 0.1) is 0 Å². The van der Waals surface area contributed by atoms with Gasteiger partial charge in [0.2, 0.25) is 0 Å². The van der Waals surface area contributed by atoms with Crippen LogP contribution in [-0.4, -0.2) is 11.2 Å². The maximum atomic E-state index is 5.06. The van der Waals surface area contributed by atoms with E-state index in [1.54, 1.807) is 6.20 Å². The molecule has 1 aliphatic carbocycles. The van der Waals surface area contributed by atoms with Crippen LogP contribution in [0.15, 0.2) is 41.1 Å². The minimum atomic E-state index is 0.530. The van der Waals surface area contributed by atoms with Gasteiger partial charge in [0.25, 0.3) is 0 Å². The minimum Gasteiger partial charge on any atom is -0.360 e. The first-order chi connectivity index (χ1) is 7.92. The van der Waals surface area contributed by atoms with E-state index in [4.69, 9.17) is 4.52 Å². The molecule has 16 heavy (non-hydrogen) atoms. The van der Waals surface area contributed by atoms with E-state index in [1.165, 1.54) is 11.1 Å². The molecule has 1 aliphatic rings. The third-order valence-corrected chi connectivity index (χ3v) is 3.11. The van der Waals surface area contributed by atoms with E-state index in [0.29, 0.717) is 6.04 Å². The Kier molecular flexibility index (Phi) is 2.46. The maximum absolute atomic E-state index is 5.06. The van der Waals surface area contributed by atoms with Gasteiger partial charge >= 0.3 is 0 Å². The lowest BCUT2D eigenvalue weighted by Gasteiger charge is -2.09. The summed E-state index contributed by atoms with van der Waals surface area (Å²) in [6.07, 6.45) is 3.91. The largest absolute Gasteiger partial charge is 0.360 e. The molecule has 2 aromatic rings. The summed E-state index contributed by atoms with van der Waals surface area (Å²) in [5, 5.41) is 7.19. The fourth-order valence-electron chi connectivity index (χ4n) is 2.28. The molecule has 1 N–H and O–H groups in total. The SMILES string of the molecule is c1ccc2c(c1)CC(NCc1ccno1)C2. The van der Waals surface area contributed by atoms with Gasteiger partial charge in [-0.25, -0.2) is 0 Å². The van der Waals surface area contributed by atoms with Crippen LogP contribution in [0.25, 0.3) is 0 Å². The van der Waals surface area contributed by atoms with Crippen molar-refractivity contribution >= 4 is 0 Å². The van der Waals surface area contributed by atoms with Crippen molar-refractivity contribution in [3.8, 4) is 0 Å². The second-order valence-corrected chi connectivity index (χ2v) is 4.23. The van der Waals surface area contributed by atoms with Crippen molar-refractivity contribution in [1.29, 1.82) is 0 Å². The first-order valence-corrected chi connectivity index (χ1v) is 5.61. The van der Waals surface area contributed by atoms with Crippen molar-refractivity contribution in [3.05, 3.63) is 53.4 Å². The minimum absolute atomic E-state index is 0.530. The summed E-state index contributed by atoms with van der Waals surface area (Å²) >= 11 is 0. The molecule has 0 atom stereocenters. The van der Waals surface area contributed by atoms with Crippen LogP contribution in [0.4, 0.5) is 0 Å². The number of hydrogen-bond donors (Lipinski definition) is 1. The van der Waals surface area contributed by atoms with Gasteiger partial charge in [-0.3, -0.25) is 0 Å². The van der Waals surface area contributed by atoms with Gasteiger partial charge in [-0.15, -0.1) is 0 Å². The molecule has 0 spiro atoms. The lowest BCUT2D eigenvalue weighted by atomic mass is 10.1. The molecule has 3 heteroatoms. The molecule has 0 amide bonds. The van der Waals surface area contributed by atoms with E-state index >= 15 is 0 Å². The van der Waals surface area contributed by atoms with Crippen molar-refractivity contribution < 1.29 is 4.52 Å².